The summed E-state index contributed by atoms with van der Waals surface area (Å²) in [7, 11) is 0. The summed E-state index contributed by atoms with van der Waals surface area (Å²) < 4.78 is 16.7. The molecule has 0 saturated heterocycles. The summed E-state index contributed by atoms with van der Waals surface area (Å²) in [6.45, 7) is 6.56. The molecule has 6 heteroatoms. The first-order valence-corrected chi connectivity index (χ1v) is 22.8. The van der Waals surface area contributed by atoms with Crippen molar-refractivity contribution in [2.24, 2.45) is 0 Å². The number of ether oxygens (including phenoxy) is 3. The molecule has 1 atom stereocenters. The van der Waals surface area contributed by atoms with Crippen molar-refractivity contribution in [3.63, 3.8) is 0 Å². The molecule has 0 aliphatic carbocycles. The highest BCUT2D eigenvalue weighted by molar-refractivity contribution is 5.71. The molecule has 6 nitrogen and oxygen atoms in total. The second-order valence-electron chi connectivity index (χ2n) is 15.3. The molecule has 0 amide bonds. The number of carbonyl (C=O) groups is 3. The van der Waals surface area contributed by atoms with Crippen LogP contribution in [-0.4, -0.2) is 37.2 Å². The smallest absolute Gasteiger partial charge is 0.306 e. The number of rotatable bonds is 41. The van der Waals surface area contributed by atoms with Crippen LogP contribution in [0.5, 0.6) is 0 Å². The Kier molecular flexibility index (Phi) is 40.9. The number of hydrogen-bond acceptors (Lipinski definition) is 6. The summed E-state index contributed by atoms with van der Waals surface area (Å²) in [5.41, 5.74) is 0. The monoisotopic (exact) mass is 747 g/mol. The molecule has 0 rings (SSSR count). The third-order valence-corrected chi connectivity index (χ3v) is 9.93. The van der Waals surface area contributed by atoms with Crippen molar-refractivity contribution in [3.05, 3.63) is 24.3 Å². The average Bonchev–Trinajstić information content (AvgIpc) is 3.15. The lowest BCUT2D eigenvalue weighted by molar-refractivity contribution is -0.167. The van der Waals surface area contributed by atoms with E-state index in [1.54, 1.807) is 0 Å². The van der Waals surface area contributed by atoms with Gasteiger partial charge in [0.2, 0.25) is 0 Å². The van der Waals surface area contributed by atoms with Crippen molar-refractivity contribution in [3.8, 4) is 0 Å². The molecule has 0 radical (unpaired) electrons. The number of hydrogen-bond donors (Lipinski definition) is 0. The van der Waals surface area contributed by atoms with Crippen molar-refractivity contribution in [1.29, 1.82) is 0 Å². The molecule has 0 bridgehead atoms. The van der Waals surface area contributed by atoms with Gasteiger partial charge in [-0.05, 0) is 64.2 Å². The first kappa shape index (κ1) is 50.9. The van der Waals surface area contributed by atoms with Crippen molar-refractivity contribution < 1.29 is 28.6 Å². The van der Waals surface area contributed by atoms with E-state index in [9.17, 15) is 14.4 Å². The van der Waals surface area contributed by atoms with Crippen LogP contribution in [0, 0.1) is 0 Å². The van der Waals surface area contributed by atoms with Crippen LogP contribution in [0.2, 0.25) is 0 Å². The highest BCUT2D eigenvalue weighted by Gasteiger charge is 2.19. The number of carbonyl (C=O) groups excluding carboxylic acids is 3. The van der Waals surface area contributed by atoms with Gasteiger partial charge < -0.3 is 14.2 Å². The fraction of sp³-hybridized carbons (Fsp3) is 0.851. The minimum Gasteiger partial charge on any atom is -0.462 e. The van der Waals surface area contributed by atoms with E-state index in [-0.39, 0.29) is 31.1 Å². The summed E-state index contributed by atoms with van der Waals surface area (Å²) in [6, 6.07) is 0. The highest BCUT2D eigenvalue weighted by Crippen LogP contribution is 2.14. The molecular formula is C47H86O6. The number of unbranched alkanes of at least 4 members (excludes halogenated alkanes) is 26. The third-order valence-electron chi connectivity index (χ3n) is 9.93. The maximum atomic E-state index is 12.7. The average molecular weight is 747 g/mol. The molecule has 0 unspecified atom stereocenters. The standard InChI is InChI=1S/C47H86O6/c1-4-7-10-13-16-19-22-23-24-26-28-31-34-37-40-46(49)52-43-44(42-51-45(48)39-36-33-30-27-21-18-15-12-9-6-3)53-47(50)41-38-35-32-29-25-20-17-14-11-8-5-2/h14,17,22-23,44H,4-13,15-16,18-21,24-43H2,1-3H3/b17-14-,23-22-/t44-/m1/s1. The van der Waals surface area contributed by atoms with Crippen LogP contribution in [-0.2, 0) is 28.6 Å². The molecule has 0 spiro atoms. The van der Waals surface area contributed by atoms with Gasteiger partial charge in [0.25, 0.3) is 0 Å². The normalized spacial score (nSPS) is 12.1. The van der Waals surface area contributed by atoms with E-state index in [1.165, 1.54) is 122 Å². The maximum Gasteiger partial charge on any atom is 0.306 e. The van der Waals surface area contributed by atoms with E-state index in [1.807, 2.05) is 0 Å². The van der Waals surface area contributed by atoms with Gasteiger partial charge in [0.1, 0.15) is 13.2 Å². The van der Waals surface area contributed by atoms with Crippen LogP contribution in [0.25, 0.3) is 0 Å². The fourth-order valence-electron chi connectivity index (χ4n) is 6.42. The maximum absolute atomic E-state index is 12.7. The zero-order valence-electron chi connectivity index (χ0n) is 35.3. The Bertz CT molecular complexity index is 865. The summed E-state index contributed by atoms with van der Waals surface area (Å²) >= 11 is 0. The zero-order chi connectivity index (χ0) is 38.7. The highest BCUT2D eigenvalue weighted by atomic mass is 16.6. The predicted molar refractivity (Wildman–Crippen MR) is 224 cm³/mol. The van der Waals surface area contributed by atoms with E-state index in [2.05, 4.69) is 45.1 Å². The van der Waals surface area contributed by atoms with Gasteiger partial charge in [0.15, 0.2) is 6.10 Å². The first-order valence-electron chi connectivity index (χ1n) is 22.8. The Hall–Kier alpha value is -2.11. The fourth-order valence-corrected chi connectivity index (χ4v) is 6.42. The Morgan fingerprint density at radius 1 is 0.358 bits per heavy atom. The van der Waals surface area contributed by atoms with E-state index in [0.717, 1.165) is 77.0 Å². The lowest BCUT2D eigenvalue weighted by Crippen LogP contribution is -2.30. The molecule has 0 aromatic carbocycles. The topological polar surface area (TPSA) is 78.9 Å². The van der Waals surface area contributed by atoms with Gasteiger partial charge in [-0.15, -0.1) is 0 Å². The number of esters is 3. The second kappa shape index (κ2) is 42.6. The SMILES string of the molecule is CCCC/C=C\CCCCCCCC(=O)O[C@@H](COC(=O)CCCCCCC/C=C\CCCCCCC)COC(=O)CCCCCCCCCCCC. The molecule has 0 aromatic heterocycles. The second-order valence-corrected chi connectivity index (χ2v) is 15.3. The summed E-state index contributed by atoms with van der Waals surface area (Å²) in [4.78, 5) is 37.7. The van der Waals surface area contributed by atoms with Crippen molar-refractivity contribution in [2.75, 3.05) is 13.2 Å². The predicted octanol–water partition coefficient (Wildman–Crippen LogP) is 14.4. The molecule has 0 aromatic rings. The zero-order valence-corrected chi connectivity index (χ0v) is 35.3. The molecule has 0 aliphatic heterocycles. The molecule has 0 N–H and O–H groups in total. The molecule has 0 fully saturated rings. The summed E-state index contributed by atoms with van der Waals surface area (Å²) in [5.74, 6) is -0.891. The molecule has 0 saturated carbocycles. The molecule has 0 heterocycles. The van der Waals surface area contributed by atoms with E-state index < -0.39 is 6.10 Å². The molecule has 0 aliphatic rings. The van der Waals surface area contributed by atoms with Crippen LogP contribution in [0.1, 0.15) is 239 Å². The summed E-state index contributed by atoms with van der Waals surface area (Å²) in [6.07, 6.45) is 45.8. The Balaban J connectivity index is 4.36. The van der Waals surface area contributed by atoms with Crippen LogP contribution in [0.15, 0.2) is 24.3 Å². The number of allylic oxidation sites excluding steroid dienone is 4. The van der Waals surface area contributed by atoms with Crippen molar-refractivity contribution in [1.82, 2.24) is 0 Å². The van der Waals surface area contributed by atoms with E-state index >= 15 is 0 Å². The Labute approximate surface area is 328 Å². The van der Waals surface area contributed by atoms with Gasteiger partial charge in [0.05, 0.1) is 0 Å². The van der Waals surface area contributed by atoms with Crippen LogP contribution < -0.4 is 0 Å². The van der Waals surface area contributed by atoms with Gasteiger partial charge in [-0.25, -0.2) is 0 Å². The lowest BCUT2D eigenvalue weighted by atomic mass is 10.1. The van der Waals surface area contributed by atoms with Gasteiger partial charge in [-0.2, -0.15) is 0 Å². The molecular weight excluding hydrogens is 661 g/mol. The van der Waals surface area contributed by atoms with Gasteiger partial charge in [-0.3, -0.25) is 14.4 Å². The molecule has 310 valence electrons. The first-order chi connectivity index (χ1) is 26.0. The summed E-state index contributed by atoms with van der Waals surface area (Å²) in [5, 5.41) is 0. The van der Waals surface area contributed by atoms with Gasteiger partial charge >= 0.3 is 17.9 Å². The largest absolute Gasteiger partial charge is 0.462 e. The van der Waals surface area contributed by atoms with Gasteiger partial charge in [-0.1, -0.05) is 180 Å². The van der Waals surface area contributed by atoms with Crippen molar-refractivity contribution in [2.45, 2.75) is 245 Å². The van der Waals surface area contributed by atoms with Crippen LogP contribution in [0.3, 0.4) is 0 Å². The minimum atomic E-state index is -0.771. The molecule has 53 heavy (non-hydrogen) atoms. The quantitative estimate of drug-likeness (QED) is 0.0268. The van der Waals surface area contributed by atoms with Crippen LogP contribution >= 0.6 is 0 Å². The third kappa shape index (κ3) is 40.9. The van der Waals surface area contributed by atoms with E-state index in [4.69, 9.17) is 14.2 Å². The Morgan fingerprint density at radius 3 is 1.00 bits per heavy atom. The minimum absolute atomic E-state index is 0.0747. The van der Waals surface area contributed by atoms with E-state index in [0.29, 0.717) is 19.3 Å². The lowest BCUT2D eigenvalue weighted by Gasteiger charge is -2.18. The van der Waals surface area contributed by atoms with Gasteiger partial charge in [0, 0.05) is 19.3 Å². The Morgan fingerprint density at radius 2 is 0.642 bits per heavy atom. The van der Waals surface area contributed by atoms with Crippen LogP contribution in [0.4, 0.5) is 0 Å². The van der Waals surface area contributed by atoms with Crippen molar-refractivity contribution >= 4 is 17.9 Å².